The van der Waals surface area contributed by atoms with Gasteiger partial charge in [0.05, 0.1) is 0 Å². The second kappa shape index (κ2) is 6.93. The molecule has 2 nitrogen and oxygen atoms in total. The van der Waals surface area contributed by atoms with E-state index in [1.54, 1.807) is 11.3 Å². The maximum Gasteiger partial charge on any atom is 0.0480 e. The summed E-state index contributed by atoms with van der Waals surface area (Å²) in [5, 5.41) is 3.21. The van der Waals surface area contributed by atoms with Crippen molar-refractivity contribution in [3.8, 4) is 0 Å². The first-order chi connectivity index (χ1) is 7.72. The van der Waals surface area contributed by atoms with Gasteiger partial charge in [-0.1, -0.05) is 30.8 Å². The third-order valence-electron chi connectivity index (χ3n) is 2.67. The minimum Gasteiger partial charge on any atom is -0.418 e. The summed E-state index contributed by atoms with van der Waals surface area (Å²) in [6, 6.07) is 8.28. The molecular formula is C13H15N2SYb-. The Hall–Kier alpha value is 0.169. The summed E-state index contributed by atoms with van der Waals surface area (Å²) in [5.41, 5.74) is 3.47. The van der Waals surface area contributed by atoms with Gasteiger partial charge in [0.15, 0.2) is 0 Å². The Morgan fingerprint density at radius 2 is 2.06 bits per heavy atom. The molecule has 0 aliphatic carbocycles. The molecule has 98 valence electrons. The van der Waals surface area contributed by atoms with Crippen molar-refractivity contribution >= 4 is 17.0 Å². The van der Waals surface area contributed by atoms with Gasteiger partial charge in [0.25, 0.3) is 0 Å². The van der Waals surface area contributed by atoms with E-state index in [2.05, 4.69) is 40.1 Å². The summed E-state index contributed by atoms with van der Waals surface area (Å²) in [7, 11) is 2.02. The molecule has 0 aliphatic rings. The molecule has 0 N–H and O–H groups in total. The molecule has 4 heteroatoms. The maximum atomic E-state index is 4.68. The van der Waals surface area contributed by atoms with Gasteiger partial charge in [0, 0.05) is 57.4 Å². The molecule has 0 bridgehead atoms. The van der Waals surface area contributed by atoms with Gasteiger partial charge >= 0.3 is 0 Å². The van der Waals surface area contributed by atoms with Crippen molar-refractivity contribution in [1.82, 2.24) is 4.57 Å². The Labute approximate surface area is 145 Å². The normalized spacial score (nSPS) is 11.4. The fourth-order valence-corrected chi connectivity index (χ4v) is 2.31. The molecule has 1 heterocycles. The number of hydrogen-bond donors (Lipinski definition) is 0. The van der Waals surface area contributed by atoms with Crippen molar-refractivity contribution in [1.29, 1.82) is 0 Å². The van der Waals surface area contributed by atoms with Gasteiger partial charge < -0.3 is 20.9 Å². The maximum absolute atomic E-state index is 4.68. The number of hydrogen-bond acceptors (Lipinski definition) is 2. The van der Waals surface area contributed by atoms with E-state index in [-0.39, 0.29) is 46.9 Å². The van der Waals surface area contributed by atoms with E-state index in [9.17, 15) is 0 Å². The predicted octanol–water partition coefficient (Wildman–Crippen LogP) is 2.99. The minimum atomic E-state index is 0. The van der Waals surface area contributed by atoms with Gasteiger partial charge in [-0.2, -0.15) is 5.38 Å². The average molecular weight is 404 g/mol. The summed E-state index contributed by atoms with van der Waals surface area (Å²) in [4.78, 5) is 5.68. The number of aromatic nitrogens is 1. The van der Waals surface area contributed by atoms with Crippen LogP contribution in [0.5, 0.6) is 0 Å². The van der Waals surface area contributed by atoms with E-state index in [4.69, 9.17) is 0 Å². The van der Waals surface area contributed by atoms with Gasteiger partial charge in [-0.3, -0.25) is 0 Å². The Morgan fingerprint density at radius 3 is 2.65 bits per heavy atom. The van der Waals surface area contributed by atoms with Crippen molar-refractivity contribution in [3.63, 3.8) is 0 Å². The van der Waals surface area contributed by atoms with Crippen molar-refractivity contribution in [3.05, 3.63) is 45.7 Å². The van der Waals surface area contributed by atoms with Crippen molar-refractivity contribution in [2.45, 2.75) is 20.3 Å². The number of nitrogens with zero attached hydrogens (tertiary/aromatic N) is 2. The fourth-order valence-electron chi connectivity index (χ4n) is 1.52. The monoisotopic (exact) mass is 405 g/mol. The first-order valence-corrected chi connectivity index (χ1v) is 6.20. The number of para-hydroxylation sites is 1. The van der Waals surface area contributed by atoms with Gasteiger partial charge in [-0.25, -0.2) is 0 Å². The van der Waals surface area contributed by atoms with Gasteiger partial charge in [0.2, 0.25) is 0 Å². The van der Waals surface area contributed by atoms with E-state index >= 15 is 0 Å². The summed E-state index contributed by atoms with van der Waals surface area (Å²) < 4.78 is 2.07. The summed E-state index contributed by atoms with van der Waals surface area (Å²) >= 11 is 1.56. The molecule has 0 aliphatic heterocycles. The van der Waals surface area contributed by atoms with Crippen LogP contribution in [-0.2, 0) is 13.5 Å². The molecule has 0 fully saturated rings. The summed E-state index contributed by atoms with van der Waals surface area (Å²) in [5.74, 6) is 0. The molecule has 0 amide bonds. The predicted molar refractivity (Wildman–Crippen MR) is 67.9 cm³/mol. The molecule has 0 spiro atoms. The van der Waals surface area contributed by atoms with Gasteiger partial charge in [-0.05, 0) is 32.0 Å². The van der Waals surface area contributed by atoms with Crippen molar-refractivity contribution < 1.29 is 46.9 Å². The van der Waals surface area contributed by atoms with E-state index in [0.29, 0.717) is 0 Å². The zero-order chi connectivity index (χ0) is 11.5. The van der Waals surface area contributed by atoms with Crippen LogP contribution in [0.25, 0.3) is 0 Å². The largest absolute Gasteiger partial charge is 0.418 e. The molecule has 0 saturated carbocycles. The molecule has 2 aromatic rings. The zero-order valence-electron chi connectivity index (χ0n) is 10.1. The molecule has 1 aromatic heterocycles. The van der Waals surface area contributed by atoms with Crippen molar-refractivity contribution in [2.24, 2.45) is 12.0 Å². The van der Waals surface area contributed by atoms with E-state index in [0.717, 1.165) is 22.6 Å². The average Bonchev–Trinajstić information content (AvgIpc) is 2.62. The third kappa shape index (κ3) is 3.57. The first kappa shape index (κ1) is 15.2. The zero-order valence-corrected chi connectivity index (χ0v) is 12.6. The molecular weight excluding hydrogens is 389 g/mol. The van der Waals surface area contributed by atoms with Gasteiger partial charge in [0.1, 0.15) is 0 Å². The summed E-state index contributed by atoms with van der Waals surface area (Å²) in [6.45, 7) is 4.20. The number of thiazole rings is 1. The number of benzene rings is 1. The molecule has 0 atom stereocenters. The fraction of sp³-hybridized carbons (Fsp3) is 0.308. The van der Waals surface area contributed by atoms with Gasteiger partial charge in [-0.15, -0.1) is 0 Å². The standard InChI is InChI=1S/C13H15N2S.Yb/c1-4-11-7-5-6-8-12(11)14-13-15(3)10(2)9-16-13;/h5-8H,4H2,1-3H3;/q-1;. The van der Waals surface area contributed by atoms with Crippen LogP contribution in [0.15, 0.2) is 29.3 Å². The molecule has 17 heavy (non-hydrogen) atoms. The molecule has 1 aromatic carbocycles. The second-order valence-corrected chi connectivity index (χ2v) is 4.50. The molecule has 0 radical (unpaired) electrons. The summed E-state index contributed by atoms with van der Waals surface area (Å²) in [6.07, 6.45) is 1.01. The van der Waals surface area contributed by atoms with Crippen LogP contribution < -0.4 is 4.80 Å². The van der Waals surface area contributed by atoms with Crippen LogP contribution in [0.1, 0.15) is 18.2 Å². The Bertz CT molecular complexity index is 555. The van der Waals surface area contributed by atoms with Crippen LogP contribution in [0.3, 0.4) is 0 Å². The topological polar surface area (TPSA) is 17.3 Å². The van der Waals surface area contributed by atoms with E-state index in [1.165, 1.54) is 5.56 Å². The van der Waals surface area contributed by atoms with Crippen LogP contribution in [0.2, 0.25) is 0 Å². The Kier molecular flexibility index (Phi) is 6.21. The molecule has 0 saturated heterocycles. The Balaban J connectivity index is 0.00000144. The van der Waals surface area contributed by atoms with Crippen molar-refractivity contribution in [2.75, 3.05) is 0 Å². The van der Waals surface area contributed by atoms with Crippen LogP contribution >= 0.6 is 11.3 Å². The van der Waals surface area contributed by atoms with Crippen LogP contribution in [0.4, 0.5) is 5.69 Å². The molecule has 2 rings (SSSR count). The van der Waals surface area contributed by atoms with E-state index < -0.39 is 0 Å². The first-order valence-electron chi connectivity index (χ1n) is 5.39. The number of aryl methyl sites for hydroxylation is 2. The smallest absolute Gasteiger partial charge is 0.0480 e. The quantitative estimate of drug-likeness (QED) is 0.685. The van der Waals surface area contributed by atoms with Crippen LogP contribution in [0, 0.1) is 59.2 Å². The molecule has 0 unspecified atom stereocenters. The second-order valence-electron chi connectivity index (χ2n) is 3.73. The SMILES string of the molecule is CCc1ccccc1N=c1s[c-]c(C)n1C.[Yb]. The third-order valence-corrected chi connectivity index (χ3v) is 3.61. The minimum absolute atomic E-state index is 0. The number of rotatable bonds is 2. The Morgan fingerprint density at radius 1 is 1.35 bits per heavy atom. The van der Waals surface area contributed by atoms with Crippen LogP contribution in [-0.4, -0.2) is 4.57 Å². The van der Waals surface area contributed by atoms with E-state index in [1.807, 2.05) is 20.0 Å².